The van der Waals surface area contributed by atoms with Gasteiger partial charge in [-0.15, -0.1) is 0 Å². The first kappa shape index (κ1) is 18.5. The number of rotatable bonds is 1. The molecule has 5 aliphatic rings. The summed E-state index contributed by atoms with van der Waals surface area (Å²) in [5, 5.41) is 0. The molecule has 0 N–H and O–H groups in total. The molecule has 0 spiro atoms. The van der Waals surface area contributed by atoms with Crippen LogP contribution in [0.25, 0.3) is 5.57 Å². The topological polar surface area (TPSA) is 62.6 Å². The van der Waals surface area contributed by atoms with Crippen molar-refractivity contribution in [1.29, 1.82) is 0 Å². The number of nitrogens with zero attached hydrogens (tertiary/aromatic N) is 4. The van der Waals surface area contributed by atoms with Crippen molar-refractivity contribution < 1.29 is 23.9 Å². The standard InChI is InChI=1S/C24H14N4O.Zn/c1-2-24(29-9-1)22-13-21-12-19-6-5-17(26-19)10-15-3-4-16(25-15)11-18-7-8-20(27-18)14-23(22)28-21;/h1-14H;. The van der Waals surface area contributed by atoms with E-state index in [1.54, 1.807) is 6.26 Å². The summed E-state index contributed by atoms with van der Waals surface area (Å²) in [5.74, 6) is 0.775. The van der Waals surface area contributed by atoms with Gasteiger partial charge in [-0.25, -0.2) is 20.0 Å². The molecule has 8 bridgehead atoms. The maximum Gasteiger partial charge on any atom is 0.136 e. The molecule has 6 heteroatoms. The van der Waals surface area contributed by atoms with Gasteiger partial charge in [-0.05, 0) is 79.0 Å². The molecular formula is C24H14N4OZn. The van der Waals surface area contributed by atoms with E-state index in [1.807, 2.05) is 79.0 Å². The molecule has 6 heterocycles. The maximum absolute atomic E-state index is 5.62. The van der Waals surface area contributed by atoms with Crippen molar-refractivity contribution in [2.75, 3.05) is 0 Å². The van der Waals surface area contributed by atoms with E-state index in [0.29, 0.717) is 0 Å². The van der Waals surface area contributed by atoms with E-state index in [9.17, 15) is 0 Å². The summed E-state index contributed by atoms with van der Waals surface area (Å²) in [7, 11) is 0. The third-order valence-electron chi connectivity index (χ3n) is 4.83. The summed E-state index contributed by atoms with van der Waals surface area (Å²) >= 11 is 0. The Morgan fingerprint density at radius 2 is 1.13 bits per heavy atom. The largest absolute Gasteiger partial charge is 0.464 e. The van der Waals surface area contributed by atoms with Crippen LogP contribution in [-0.2, 0) is 19.5 Å². The van der Waals surface area contributed by atoms with Crippen LogP contribution in [-0.4, -0.2) is 22.8 Å². The van der Waals surface area contributed by atoms with Crippen molar-refractivity contribution in [2.24, 2.45) is 20.0 Å². The molecule has 0 amide bonds. The number of furan rings is 1. The van der Waals surface area contributed by atoms with Gasteiger partial charge < -0.3 is 4.42 Å². The summed E-state index contributed by atoms with van der Waals surface area (Å²) in [4.78, 5) is 18.8. The molecule has 1 aromatic rings. The molecule has 0 saturated heterocycles. The predicted molar refractivity (Wildman–Crippen MR) is 116 cm³/mol. The van der Waals surface area contributed by atoms with Crippen LogP contribution in [0, 0.1) is 0 Å². The zero-order chi connectivity index (χ0) is 19.2. The first-order chi connectivity index (χ1) is 14.3. The Hall–Kier alpha value is -3.50. The van der Waals surface area contributed by atoms with Crippen molar-refractivity contribution in [3.8, 4) is 0 Å². The zero-order valence-corrected chi connectivity index (χ0v) is 19.0. The van der Waals surface area contributed by atoms with Crippen molar-refractivity contribution >= 4 is 28.4 Å². The first-order valence-corrected chi connectivity index (χ1v) is 9.30. The molecule has 0 fully saturated rings. The number of aliphatic imine (C=N–C) groups is 4. The Balaban J connectivity index is 0.00000193. The van der Waals surface area contributed by atoms with Crippen LogP contribution < -0.4 is 0 Å². The van der Waals surface area contributed by atoms with Gasteiger partial charge in [0.05, 0.1) is 51.9 Å². The number of allylic oxidation sites excluding steroid dienone is 12. The van der Waals surface area contributed by atoms with E-state index in [0.717, 1.165) is 57.0 Å². The minimum atomic E-state index is 0. The fraction of sp³-hybridized carbons (Fsp3) is 0. The van der Waals surface area contributed by atoms with Crippen molar-refractivity contribution in [2.45, 2.75) is 0 Å². The monoisotopic (exact) mass is 438 g/mol. The predicted octanol–water partition coefficient (Wildman–Crippen LogP) is 4.70. The minimum Gasteiger partial charge on any atom is -0.464 e. The van der Waals surface area contributed by atoms with Gasteiger partial charge in [-0.2, -0.15) is 0 Å². The SMILES string of the molecule is C1=CC2=NC1=CC1=NC(=CC3=NC(=CC4=NC(=C2)C=C4)C=C3c2ccco2)C=C1.[Zn]. The second kappa shape index (κ2) is 7.40. The van der Waals surface area contributed by atoms with Crippen LogP contribution in [0.3, 0.4) is 0 Å². The molecule has 1 aromatic heterocycles. The summed E-state index contributed by atoms with van der Waals surface area (Å²) in [6.45, 7) is 0. The molecule has 0 atom stereocenters. The smallest absolute Gasteiger partial charge is 0.136 e. The molecule has 30 heavy (non-hydrogen) atoms. The minimum absolute atomic E-state index is 0. The molecule has 0 unspecified atom stereocenters. The number of hydrogen-bond acceptors (Lipinski definition) is 5. The van der Waals surface area contributed by atoms with E-state index < -0.39 is 0 Å². The normalized spacial score (nSPS) is 20.5. The van der Waals surface area contributed by atoms with E-state index in [2.05, 4.69) is 15.0 Å². The van der Waals surface area contributed by atoms with Crippen LogP contribution in [0.5, 0.6) is 0 Å². The van der Waals surface area contributed by atoms with Gasteiger partial charge in [0, 0.05) is 25.1 Å². The average molecular weight is 440 g/mol. The fourth-order valence-corrected chi connectivity index (χ4v) is 3.53. The number of fused-ring (bicyclic) bond motifs is 4. The molecule has 0 aliphatic carbocycles. The molecular weight excluding hydrogens is 426 g/mol. The Morgan fingerprint density at radius 1 is 0.567 bits per heavy atom. The zero-order valence-electron chi connectivity index (χ0n) is 16.0. The molecule has 0 aromatic carbocycles. The van der Waals surface area contributed by atoms with Crippen LogP contribution in [0.15, 0.2) is 132 Å². The third-order valence-corrected chi connectivity index (χ3v) is 4.83. The Kier molecular flexibility index (Phi) is 4.57. The molecule has 6 rings (SSSR count). The Labute approximate surface area is 185 Å². The van der Waals surface area contributed by atoms with Gasteiger partial charge in [0.1, 0.15) is 5.76 Å². The Bertz CT molecular complexity index is 1320. The van der Waals surface area contributed by atoms with Gasteiger partial charge in [-0.3, -0.25) is 0 Å². The molecule has 5 nitrogen and oxygen atoms in total. The average Bonchev–Trinajstić information content (AvgIpc) is 3.50. The van der Waals surface area contributed by atoms with Gasteiger partial charge in [0.15, 0.2) is 0 Å². The summed E-state index contributed by atoms with van der Waals surface area (Å²) in [6.07, 6.45) is 23.5. The van der Waals surface area contributed by atoms with E-state index in [1.165, 1.54) is 0 Å². The van der Waals surface area contributed by atoms with Crippen molar-refractivity contribution in [1.82, 2.24) is 0 Å². The van der Waals surface area contributed by atoms with Crippen LogP contribution in [0.4, 0.5) is 0 Å². The van der Waals surface area contributed by atoms with Gasteiger partial charge in [-0.1, -0.05) is 0 Å². The second-order valence-electron chi connectivity index (χ2n) is 6.92. The maximum atomic E-state index is 5.62. The summed E-state index contributed by atoms with van der Waals surface area (Å²) in [6, 6.07) is 3.81. The van der Waals surface area contributed by atoms with Crippen LogP contribution >= 0.6 is 0 Å². The quantitative estimate of drug-likeness (QED) is 0.585. The summed E-state index contributed by atoms with van der Waals surface area (Å²) in [5.41, 5.74) is 7.74. The Morgan fingerprint density at radius 3 is 1.70 bits per heavy atom. The molecule has 0 saturated carbocycles. The van der Waals surface area contributed by atoms with E-state index in [-0.39, 0.29) is 19.5 Å². The van der Waals surface area contributed by atoms with Gasteiger partial charge >= 0.3 is 0 Å². The summed E-state index contributed by atoms with van der Waals surface area (Å²) < 4.78 is 5.62. The van der Waals surface area contributed by atoms with E-state index in [4.69, 9.17) is 9.41 Å². The molecule has 0 radical (unpaired) electrons. The second-order valence-corrected chi connectivity index (χ2v) is 6.92. The molecule has 5 aliphatic heterocycles. The number of hydrogen-bond donors (Lipinski definition) is 0. The van der Waals surface area contributed by atoms with Crippen LogP contribution in [0.2, 0.25) is 0 Å². The fourth-order valence-electron chi connectivity index (χ4n) is 3.53. The van der Waals surface area contributed by atoms with Crippen molar-refractivity contribution in [3.05, 3.63) is 114 Å². The van der Waals surface area contributed by atoms with E-state index >= 15 is 0 Å². The first-order valence-electron chi connectivity index (χ1n) is 9.30. The third kappa shape index (κ3) is 3.46. The van der Waals surface area contributed by atoms with Gasteiger partial charge in [0.2, 0.25) is 0 Å². The van der Waals surface area contributed by atoms with Crippen LogP contribution in [0.1, 0.15) is 5.76 Å². The van der Waals surface area contributed by atoms with Crippen molar-refractivity contribution in [3.63, 3.8) is 0 Å². The molecule has 138 valence electrons. The van der Waals surface area contributed by atoms with Gasteiger partial charge in [0.25, 0.3) is 0 Å².